The average molecular weight is 289 g/mol. The summed E-state index contributed by atoms with van der Waals surface area (Å²) >= 11 is 0. The Balaban J connectivity index is 2.43. The fourth-order valence-electron chi connectivity index (χ4n) is 1.70. The Morgan fingerprint density at radius 3 is 2.67 bits per heavy atom. The lowest BCUT2D eigenvalue weighted by molar-refractivity contribution is -0.385. The molecule has 1 aromatic carbocycles. The average Bonchev–Trinajstić information content (AvgIpc) is 2.37. The number of amides is 1. The second kappa shape index (κ2) is 5.45. The number of nitro groups is 1. The number of hydrogen-bond donors (Lipinski definition) is 2. The molecule has 0 spiro atoms. The van der Waals surface area contributed by atoms with Crippen LogP contribution in [0.15, 0.2) is 30.5 Å². The van der Waals surface area contributed by atoms with E-state index < -0.39 is 10.8 Å². The van der Waals surface area contributed by atoms with Gasteiger partial charge in [0.15, 0.2) is 0 Å². The van der Waals surface area contributed by atoms with Crippen LogP contribution in [0.3, 0.4) is 0 Å². The monoisotopic (exact) mass is 289 g/mol. The first kappa shape index (κ1) is 14.3. The summed E-state index contributed by atoms with van der Waals surface area (Å²) in [5.41, 5.74) is 5.31. The van der Waals surface area contributed by atoms with Gasteiger partial charge in [-0.25, -0.2) is 4.98 Å². The van der Waals surface area contributed by atoms with Crippen molar-refractivity contribution in [2.75, 3.05) is 0 Å². The molecule has 2 aromatic rings. The summed E-state index contributed by atoms with van der Waals surface area (Å²) in [4.78, 5) is 25.1. The van der Waals surface area contributed by atoms with Crippen LogP contribution in [0.4, 0.5) is 5.69 Å². The van der Waals surface area contributed by atoms with E-state index in [-0.39, 0.29) is 28.6 Å². The lowest BCUT2D eigenvalue weighted by Gasteiger charge is -2.09. The molecule has 1 amide bonds. The molecule has 0 bridgehead atoms. The summed E-state index contributed by atoms with van der Waals surface area (Å²) in [5, 5.41) is 20.2. The smallest absolute Gasteiger partial charge is 0.288 e. The number of nitrogens with zero attached hydrogens (tertiary/aromatic N) is 2. The molecule has 3 N–H and O–H groups in total. The molecular weight excluding hydrogens is 278 g/mol. The number of carbonyl (C=O) groups is 1. The van der Waals surface area contributed by atoms with Gasteiger partial charge in [-0.2, -0.15) is 0 Å². The van der Waals surface area contributed by atoms with Crippen molar-refractivity contribution in [1.82, 2.24) is 4.98 Å². The van der Waals surface area contributed by atoms with Crippen molar-refractivity contribution in [1.29, 1.82) is 0 Å². The molecule has 2 rings (SSSR count). The van der Waals surface area contributed by atoms with Gasteiger partial charge in [0.1, 0.15) is 23.3 Å². The maximum absolute atomic E-state index is 11.4. The fourth-order valence-corrected chi connectivity index (χ4v) is 1.70. The van der Waals surface area contributed by atoms with E-state index in [4.69, 9.17) is 10.5 Å². The first-order valence-electron chi connectivity index (χ1n) is 5.79. The van der Waals surface area contributed by atoms with E-state index in [2.05, 4.69) is 4.98 Å². The quantitative estimate of drug-likeness (QED) is 0.653. The number of primary amides is 1. The predicted molar refractivity (Wildman–Crippen MR) is 72.3 cm³/mol. The van der Waals surface area contributed by atoms with Crippen LogP contribution in [0.1, 0.15) is 15.9 Å². The maximum Gasteiger partial charge on any atom is 0.288 e. The molecule has 0 saturated carbocycles. The van der Waals surface area contributed by atoms with Gasteiger partial charge < -0.3 is 15.6 Å². The number of benzene rings is 1. The Labute approximate surface area is 119 Å². The lowest BCUT2D eigenvalue weighted by Crippen LogP contribution is -2.13. The molecule has 108 valence electrons. The molecular formula is C13H11N3O5. The number of nitrogens with two attached hydrogens (primary N) is 1. The summed E-state index contributed by atoms with van der Waals surface area (Å²) in [5.74, 6) is -0.861. The van der Waals surface area contributed by atoms with Crippen LogP contribution in [-0.4, -0.2) is 20.9 Å². The van der Waals surface area contributed by atoms with E-state index in [1.807, 2.05) is 0 Å². The van der Waals surface area contributed by atoms with Gasteiger partial charge in [0, 0.05) is 12.1 Å². The standard InChI is InChI=1S/C13H11N3O5/c1-7-2-9(17)5-10(3-7)21-13-11(12(14)18)4-8(6-15-13)16(19)20/h2-6,17H,1H3,(H2,14,18). The molecule has 0 radical (unpaired) electrons. The highest BCUT2D eigenvalue weighted by Gasteiger charge is 2.18. The Bertz CT molecular complexity index is 709. The fraction of sp³-hybridized carbons (Fsp3) is 0.0769. The minimum atomic E-state index is -0.905. The molecule has 0 unspecified atom stereocenters. The minimum absolute atomic E-state index is 0.0208. The molecule has 0 aliphatic carbocycles. The number of pyridine rings is 1. The summed E-state index contributed by atoms with van der Waals surface area (Å²) in [6, 6.07) is 5.43. The van der Waals surface area contributed by atoms with E-state index in [9.17, 15) is 20.0 Å². The van der Waals surface area contributed by atoms with Gasteiger partial charge in [-0.3, -0.25) is 14.9 Å². The van der Waals surface area contributed by atoms with Gasteiger partial charge in [-0.05, 0) is 24.6 Å². The summed E-state index contributed by atoms with van der Waals surface area (Å²) in [7, 11) is 0. The van der Waals surface area contributed by atoms with Gasteiger partial charge in [-0.15, -0.1) is 0 Å². The SMILES string of the molecule is Cc1cc(O)cc(Oc2ncc([N+](=O)[O-])cc2C(N)=O)c1. The van der Waals surface area contributed by atoms with Gasteiger partial charge in [0.05, 0.1) is 4.92 Å². The Hall–Kier alpha value is -3.16. The van der Waals surface area contributed by atoms with Crippen LogP contribution >= 0.6 is 0 Å². The number of phenols is 1. The summed E-state index contributed by atoms with van der Waals surface area (Å²) in [6.07, 6.45) is 0.956. The molecule has 1 heterocycles. The molecule has 8 nitrogen and oxygen atoms in total. The van der Waals surface area contributed by atoms with Crippen LogP contribution in [0.2, 0.25) is 0 Å². The number of carbonyl (C=O) groups excluding carboxylic acids is 1. The van der Waals surface area contributed by atoms with Gasteiger partial charge in [0.25, 0.3) is 11.6 Å². The second-order valence-electron chi connectivity index (χ2n) is 4.27. The van der Waals surface area contributed by atoms with Crippen molar-refractivity contribution in [2.24, 2.45) is 5.73 Å². The summed E-state index contributed by atoms with van der Waals surface area (Å²) < 4.78 is 5.37. The number of rotatable bonds is 4. The zero-order valence-corrected chi connectivity index (χ0v) is 10.9. The van der Waals surface area contributed by atoms with Crippen molar-refractivity contribution in [2.45, 2.75) is 6.92 Å². The van der Waals surface area contributed by atoms with Gasteiger partial charge in [-0.1, -0.05) is 0 Å². The van der Waals surface area contributed by atoms with Crippen LogP contribution in [0.5, 0.6) is 17.4 Å². The van der Waals surface area contributed by atoms with Crippen LogP contribution < -0.4 is 10.5 Å². The molecule has 0 saturated heterocycles. The van der Waals surface area contributed by atoms with Crippen LogP contribution in [-0.2, 0) is 0 Å². The molecule has 21 heavy (non-hydrogen) atoms. The maximum atomic E-state index is 11.4. The highest BCUT2D eigenvalue weighted by atomic mass is 16.6. The lowest BCUT2D eigenvalue weighted by atomic mass is 10.2. The van der Waals surface area contributed by atoms with Crippen molar-refractivity contribution in [3.8, 4) is 17.4 Å². The normalized spacial score (nSPS) is 10.1. The highest BCUT2D eigenvalue weighted by molar-refractivity contribution is 5.95. The Morgan fingerprint density at radius 2 is 2.10 bits per heavy atom. The number of ether oxygens (including phenoxy) is 1. The third-order valence-corrected chi connectivity index (χ3v) is 2.56. The molecule has 0 fully saturated rings. The number of aromatic nitrogens is 1. The first-order valence-corrected chi connectivity index (χ1v) is 5.79. The highest BCUT2D eigenvalue weighted by Crippen LogP contribution is 2.28. The molecule has 0 aliphatic heterocycles. The molecule has 0 aliphatic rings. The van der Waals surface area contributed by atoms with Crippen LogP contribution in [0.25, 0.3) is 0 Å². The Kier molecular flexibility index (Phi) is 3.70. The van der Waals surface area contributed by atoms with Crippen molar-refractivity contribution < 1.29 is 19.6 Å². The van der Waals surface area contributed by atoms with Gasteiger partial charge in [0.2, 0.25) is 5.88 Å². The third-order valence-electron chi connectivity index (χ3n) is 2.56. The number of aromatic hydroxyl groups is 1. The number of phenolic OH excluding ortho intramolecular Hbond substituents is 1. The molecule has 0 atom stereocenters. The van der Waals surface area contributed by atoms with E-state index in [0.29, 0.717) is 0 Å². The zero-order chi connectivity index (χ0) is 15.6. The number of hydrogen-bond acceptors (Lipinski definition) is 6. The van der Waals surface area contributed by atoms with E-state index in [1.165, 1.54) is 12.1 Å². The Morgan fingerprint density at radius 1 is 1.38 bits per heavy atom. The second-order valence-corrected chi connectivity index (χ2v) is 4.27. The van der Waals surface area contributed by atoms with Crippen LogP contribution in [0, 0.1) is 17.0 Å². The largest absolute Gasteiger partial charge is 0.508 e. The topological polar surface area (TPSA) is 129 Å². The van der Waals surface area contributed by atoms with Crippen molar-refractivity contribution >= 4 is 11.6 Å². The number of aryl methyl sites for hydroxylation is 1. The third kappa shape index (κ3) is 3.24. The van der Waals surface area contributed by atoms with E-state index >= 15 is 0 Å². The molecule has 8 heteroatoms. The minimum Gasteiger partial charge on any atom is -0.508 e. The zero-order valence-electron chi connectivity index (χ0n) is 10.9. The molecule has 1 aromatic heterocycles. The predicted octanol–water partition coefficient (Wildman–Crippen LogP) is 1.90. The van der Waals surface area contributed by atoms with E-state index in [0.717, 1.165) is 17.8 Å². The van der Waals surface area contributed by atoms with Gasteiger partial charge >= 0.3 is 0 Å². The summed E-state index contributed by atoms with van der Waals surface area (Å²) in [6.45, 7) is 1.74. The van der Waals surface area contributed by atoms with Crippen molar-refractivity contribution in [3.63, 3.8) is 0 Å². The van der Waals surface area contributed by atoms with E-state index in [1.54, 1.807) is 13.0 Å². The van der Waals surface area contributed by atoms with Crippen molar-refractivity contribution in [3.05, 3.63) is 51.7 Å². The first-order chi connectivity index (χ1) is 9.86.